The number of nitrogens with two attached hydrogens (primary N) is 1. The number of carbonyl (C=O) groups excluding carboxylic acids is 1. The van der Waals surface area contributed by atoms with Crippen LogP contribution in [-0.2, 0) is 4.79 Å². The molecule has 0 unspecified atom stereocenters. The summed E-state index contributed by atoms with van der Waals surface area (Å²) in [6, 6.07) is -0.383. The first kappa shape index (κ1) is 21.4. The lowest BCUT2D eigenvalue weighted by molar-refractivity contribution is -0.121. The van der Waals surface area contributed by atoms with Crippen LogP contribution in [0.2, 0.25) is 0 Å². The molecular formula is C19H40N2O. The molecule has 0 saturated carbocycles. The number of amides is 1. The van der Waals surface area contributed by atoms with E-state index in [1.807, 2.05) is 0 Å². The number of hydrogen-bond donors (Lipinski definition) is 2. The van der Waals surface area contributed by atoms with E-state index >= 15 is 0 Å². The molecule has 0 rings (SSSR count). The minimum atomic E-state index is -0.383. The maximum absolute atomic E-state index is 11.2. The zero-order valence-corrected chi connectivity index (χ0v) is 15.2. The number of rotatable bonds is 16. The first-order valence-electron chi connectivity index (χ1n) is 9.71. The van der Waals surface area contributed by atoms with Crippen LogP contribution in [0.15, 0.2) is 0 Å². The number of carbonyl (C=O) groups is 1. The number of hydrogen-bond acceptors (Lipinski definition) is 2. The lowest BCUT2D eigenvalue weighted by atomic mass is 10.0. The summed E-state index contributed by atoms with van der Waals surface area (Å²) in [4.78, 5) is 11.2. The van der Waals surface area contributed by atoms with Crippen molar-refractivity contribution in [3.63, 3.8) is 0 Å². The van der Waals surface area contributed by atoms with E-state index in [0.29, 0.717) is 0 Å². The fourth-order valence-corrected chi connectivity index (χ4v) is 2.69. The minimum absolute atomic E-state index is 0.0327. The van der Waals surface area contributed by atoms with Gasteiger partial charge < -0.3 is 11.1 Å². The molecule has 0 bridgehead atoms. The summed E-state index contributed by atoms with van der Waals surface area (Å²) < 4.78 is 0. The second kappa shape index (κ2) is 16.8. The van der Waals surface area contributed by atoms with Crippen molar-refractivity contribution >= 4 is 5.91 Å². The Bertz CT molecular complexity index is 242. The largest absolute Gasteiger partial charge is 0.355 e. The predicted molar refractivity (Wildman–Crippen MR) is 97.0 cm³/mol. The molecule has 0 spiro atoms. The average molecular weight is 313 g/mol. The SMILES string of the molecule is CCCCCCCCCCCCCCCCNC(=O)[C@H](C)N. The highest BCUT2D eigenvalue weighted by molar-refractivity contribution is 5.80. The first-order chi connectivity index (χ1) is 10.7. The molecule has 0 aliphatic carbocycles. The van der Waals surface area contributed by atoms with E-state index in [9.17, 15) is 4.79 Å². The molecule has 1 atom stereocenters. The van der Waals surface area contributed by atoms with Gasteiger partial charge in [0.2, 0.25) is 5.91 Å². The average Bonchev–Trinajstić information content (AvgIpc) is 2.50. The standard InChI is InChI=1S/C19H40N2O/c1-3-4-5-6-7-8-9-10-11-12-13-14-15-16-17-21-19(22)18(2)20/h18H,3-17,20H2,1-2H3,(H,21,22)/t18-/m0/s1. The van der Waals surface area contributed by atoms with Crippen LogP contribution in [0, 0.1) is 0 Å². The Morgan fingerprint density at radius 2 is 1.14 bits per heavy atom. The van der Waals surface area contributed by atoms with Crippen molar-refractivity contribution in [3.05, 3.63) is 0 Å². The Hall–Kier alpha value is -0.570. The molecule has 0 heterocycles. The lowest BCUT2D eigenvalue weighted by Crippen LogP contribution is -2.38. The maximum Gasteiger partial charge on any atom is 0.236 e. The molecule has 0 aliphatic heterocycles. The quantitative estimate of drug-likeness (QED) is 0.397. The van der Waals surface area contributed by atoms with E-state index in [4.69, 9.17) is 5.73 Å². The lowest BCUT2D eigenvalue weighted by Gasteiger charge is -2.07. The van der Waals surface area contributed by atoms with Gasteiger partial charge in [-0.3, -0.25) is 4.79 Å². The van der Waals surface area contributed by atoms with E-state index in [-0.39, 0.29) is 11.9 Å². The molecule has 0 saturated heterocycles. The molecule has 0 fully saturated rings. The van der Waals surface area contributed by atoms with Crippen molar-refractivity contribution in [1.29, 1.82) is 0 Å². The van der Waals surface area contributed by atoms with Gasteiger partial charge in [-0.05, 0) is 13.3 Å². The second-order valence-corrected chi connectivity index (χ2v) is 6.68. The molecule has 3 N–H and O–H groups in total. The minimum Gasteiger partial charge on any atom is -0.355 e. The summed E-state index contributed by atoms with van der Waals surface area (Å²) >= 11 is 0. The normalized spacial score (nSPS) is 12.3. The summed E-state index contributed by atoms with van der Waals surface area (Å²) in [5.74, 6) is -0.0327. The molecule has 0 aromatic rings. The summed E-state index contributed by atoms with van der Waals surface area (Å²) in [7, 11) is 0. The number of nitrogens with one attached hydrogen (secondary N) is 1. The highest BCUT2D eigenvalue weighted by Crippen LogP contribution is 2.12. The van der Waals surface area contributed by atoms with E-state index in [2.05, 4.69) is 12.2 Å². The van der Waals surface area contributed by atoms with Gasteiger partial charge in [0, 0.05) is 6.54 Å². The highest BCUT2D eigenvalue weighted by atomic mass is 16.2. The van der Waals surface area contributed by atoms with Gasteiger partial charge in [0.05, 0.1) is 6.04 Å². The van der Waals surface area contributed by atoms with Crippen LogP contribution in [0.1, 0.15) is 104 Å². The third-order valence-electron chi connectivity index (χ3n) is 4.24. The van der Waals surface area contributed by atoms with E-state index in [1.165, 1.54) is 83.5 Å². The molecule has 22 heavy (non-hydrogen) atoms. The van der Waals surface area contributed by atoms with Gasteiger partial charge in [-0.2, -0.15) is 0 Å². The van der Waals surface area contributed by atoms with Crippen molar-refractivity contribution in [1.82, 2.24) is 5.32 Å². The van der Waals surface area contributed by atoms with Gasteiger partial charge in [-0.1, -0.05) is 90.4 Å². The monoisotopic (exact) mass is 312 g/mol. The van der Waals surface area contributed by atoms with Crippen molar-refractivity contribution < 1.29 is 4.79 Å². The topological polar surface area (TPSA) is 55.1 Å². The van der Waals surface area contributed by atoms with Gasteiger partial charge in [0.1, 0.15) is 0 Å². The third-order valence-corrected chi connectivity index (χ3v) is 4.24. The molecule has 0 aliphatic rings. The molecule has 0 aromatic heterocycles. The van der Waals surface area contributed by atoms with E-state index in [1.54, 1.807) is 6.92 Å². The number of unbranched alkanes of at least 4 members (excludes halogenated alkanes) is 13. The van der Waals surface area contributed by atoms with Crippen molar-refractivity contribution in [2.24, 2.45) is 5.73 Å². The molecule has 3 heteroatoms. The van der Waals surface area contributed by atoms with Crippen molar-refractivity contribution in [2.75, 3.05) is 6.54 Å². The molecule has 1 amide bonds. The van der Waals surface area contributed by atoms with Gasteiger partial charge in [0.25, 0.3) is 0 Å². The van der Waals surface area contributed by atoms with Crippen LogP contribution < -0.4 is 11.1 Å². The van der Waals surface area contributed by atoms with Crippen LogP contribution in [0.4, 0.5) is 0 Å². The van der Waals surface area contributed by atoms with Crippen LogP contribution >= 0.6 is 0 Å². The maximum atomic E-state index is 11.2. The van der Waals surface area contributed by atoms with E-state index in [0.717, 1.165) is 13.0 Å². The smallest absolute Gasteiger partial charge is 0.236 e. The summed E-state index contributed by atoms with van der Waals surface area (Å²) in [6.45, 7) is 4.77. The summed E-state index contributed by atoms with van der Waals surface area (Å²) in [5.41, 5.74) is 5.48. The van der Waals surface area contributed by atoms with Crippen LogP contribution in [0.5, 0.6) is 0 Å². The molecule has 132 valence electrons. The fourth-order valence-electron chi connectivity index (χ4n) is 2.69. The molecule has 0 radical (unpaired) electrons. The molecular weight excluding hydrogens is 272 g/mol. The predicted octanol–water partition coefficient (Wildman–Crippen LogP) is 4.93. The van der Waals surface area contributed by atoms with Crippen molar-refractivity contribution in [3.8, 4) is 0 Å². The van der Waals surface area contributed by atoms with Gasteiger partial charge in [-0.15, -0.1) is 0 Å². The molecule has 0 aromatic carbocycles. The Morgan fingerprint density at radius 1 is 0.773 bits per heavy atom. The summed E-state index contributed by atoms with van der Waals surface area (Å²) in [6.07, 6.45) is 19.1. The zero-order chi connectivity index (χ0) is 16.5. The van der Waals surface area contributed by atoms with Gasteiger partial charge in [0.15, 0.2) is 0 Å². The van der Waals surface area contributed by atoms with Gasteiger partial charge in [-0.25, -0.2) is 0 Å². The van der Waals surface area contributed by atoms with Crippen LogP contribution in [-0.4, -0.2) is 18.5 Å². The molecule has 3 nitrogen and oxygen atoms in total. The van der Waals surface area contributed by atoms with Crippen molar-refractivity contribution in [2.45, 2.75) is 110 Å². The fraction of sp³-hybridized carbons (Fsp3) is 0.947. The third kappa shape index (κ3) is 15.8. The Balaban J connectivity index is 3.04. The second-order valence-electron chi connectivity index (χ2n) is 6.68. The van der Waals surface area contributed by atoms with Crippen LogP contribution in [0.25, 0.3) is 0 Å². The van der Waals surface area contributed by atoms with E-state index < -0.39 is 0 Å². The zero-order valence-electron chi connectivity index (χ0n) is 15.2. The Morgan fingerprint density at radius 3 is 1.50 bits per heavy atom. The highest BCUT2D eigenvalue weighted by Gasteiger charge is 2.04. The van der Waals surface area contributed by atoms with Crippen LogP contribution in [0.3, 0.4) is 0 Å². The van der Waals surface area contributed by atoms with Gasteiger partial charge >= 0.3 is 0 Å². The first-order valence-corrected chi connectivity index (χ1v) is 9.71. The Kier molecular flexibility index (Phi) is 16.4. The Labute approximate surface area is 138 Å². The summed E-state index contributed by atoms with van der Waals surface area (Å²) in [5, 5.41) is 2.86.